The van der Waals surface area contributed by atoms with Gasteiger partial charge in [0.25, 0.3) is 0 Å². The number of piperazine rings is 1. The lowest BCUT2D eigenvalue weighted by Gasteiger charge is -2.35. The van der Waals surface area contributed by atoms with Gasteiger partial charge in [0.2, 0.25) is 0 Å². The quantitative estimate of drug-likeness (QED) is 0.860. The molecule has 2 N–H and O–H groups in total. The number of hydrogen-bond acceptors (Lipinski definition) is 6. The number of thiophene rings is 1. The van der Waals surface area contributed by atoms with Crippen molar-refractivity contribution in [1.82, 2.24) is 4.90 Å². The lowest BCUT2D eigenvalue weighted by molar-refractivity contribution is -0.146. The van der Waals surface area contributed by atoms with Crippen LogP contribution in [0.3, 0.4) is 0 Å². The van der Waals surface area contributed by atoms with Crippen LogP contribution in [-0.4, -0.2) is 56.9 Å². The standard InChI is InChI=1S/C12H16F3N3O2S/c1-20-11(19)10-8(16)6-9(21-10)18-4-2-17(3-5-18)7-12(13,14)15/h6H,2-5,7,16H2,1H3. The zero-order valence-corrected chi connectivity index (χ0v) is 12.3. The summed E-state index contributed by atoms with van der Waals surface area (Å²) in [4.78, 5) is 15.1. The molecule has 1 aliphatic heterocycles. The van der Waals surface area contributed by atoms with Crippen LogP contribution in [0, 0.1) is 0 Å². The summed E-state index contributed by atoms with van der Waals surface area (Å²) in [5.74, 6) is -0.501. The Morgan fingerprint density at radius 3 is 2.52 bits per heavy atom. The van der Waals surface area contributed by atoms with Gasteiger partial charge in [-0.05, 0) is 6.07 Å². The highest BCUT2D eigenvalue weighted by Gasteiger charge is 2.32. The molecule has 0 atom stereocenters. The number of esters is 1. The Kier molecular flexibility index (Phi) is 4.62. The maximum Gasteiger partial charge on any atom is 0.401 e. The number of anilines is 2. The molecule has 2 heterocycles. The zero-order valence-electron chi connectivity index (χ0n) is 11.4. The van der Waals surface area contributed by atoms with Crippen LogP contribution in [0.25, 0.3) is 0 Å². The Bertz CT molecular complexity index is 510. The first-order valence-electron chi connectivity index (χ1n) is 6.32. The molecule has 1 aliphatic rings. The Morgan fingerprint density at radius 1 is 1.38 bits per heavy atom. The first kappa shape index (κ1) is 15.9. The molecule has 1 saturated heterocycles. The third kappa shape index (κ3) is 4.01. The molecule has 9 heteroatoms. The van der Waals surface area contributed by atoms with Crippen LogP contribution in [0.2, 0.25) is 0 Å². The van der Waals surface area contributed by atoms with E-state index < -0.39 is 18.7 Å². The minimum Gasteiger partial charge on any atom is -0.465 e. The molecule has 2 rings (SSSR count). The van der Waals surface area contributed by atoms with Crippen molar-refractivity contribution in [3.05, 3.63) is 10.9 Å². The van der Waals surface area contributed by atoms with Crippen molar-refractivity contribution in [2.45, 2.75) is 6.18 Å². The fourth-order valence-corrected chi connectivity index (χ4v) is 3.23. The molecule has 0 saturated carbocycles. The van der Waals surface area contributed by atoms with E-state index in [2.05, 4.69) is 4.74 Å². The van der Waals surface area contributed by atoms with Crippen molar-refractivity contribution in [2.24, 2.45) is 0 Å². The highest BCUT2D eigenvalue weighted by atomic mass is 32.1. The van der Waals surface area contributed by atoms with E-state index in [0.717, 1.165) is 5.00 Å². The molecule has 118 valence electrons. The largest absolute Gasteiger partial charge is 0.465 e. The summed E-state index contributed by atoms with van der Waals surface area (Å²) in [6.07, 6.45) is -4.17. The fraction of sp³-hybridized carbons (Fsp3) is 0.583. The number of alkyl halides is 3. The average Bonchev–Trinajstić information content (AvgIpc) is 2.79. The van der Waals surface area contributed by atoms with Crippen LogP contribution in [-0.2, 0) is 4.74 Å². The Hall–Kier alpha value is -1.48. The zero-order chi connectivity index (χ0) is 15.6. The maximum atomic E-state index is 12.3. The van der Waals surface area contributed by atoms with Crippen molar-refractivity contribution in [2.75, 3.05) is 50.5 Å². The summed E-state index contributed by atoms with van der Waals surface area (Å²) in [5.41, 5.74) is 6.09. The summed E-state index contributed by atoms with van der Waals surface area (Å²) in [5, 5.41) is 0.777. The lowest BCUT2D eigenvalue weighted by Crippen LogP contribution is -2.49. The van der Waals surface area contributed by atoms with E-state index in [1.165, 1.54) is 23.3 Å². The molecule has 0 amide bonds. The Balaban J connectivity index is 1.98. The molecular formula is C12H16F3N3O2S. The van der Waals surface area contributed by atoms with Gasteiger partial charge in [-0.25, -0.2) is 4.79 Å². The predicted octanol–water partition coefficient (Wildman–Crippen LogP) is 1.80. The van der Waals surface area contributed by atoms with Gasteiger partial charge in [-0.1, -0.05) is 0 Å². The van der Waals surface area contributed by atoms with E-state index in [-0.39, 0.29) is 0 Å². The van der Waals surface area contributed by atoms with Gasteiger partial charge < -0.3 is 15.4 Å². The monoisotopic (exact) mass is 323 g/mol. The van der Waals surface area contributed by atoms with Crippen molar-refractivity contribution in [1.29, 1.82) is 0 Å². The van der Waals surface area contributed by atoms with E-state index in [1.54, 1.807) is 6.07 Å². The normalized spacial score (nSPS) is 17.0. The summed E-state index contributed by atoms with van der Waals surface area (Å²) >= 11 is 1.20. The number of carbonyl (C=O) groups is 1. The van der Waals surface area contributed by atoms with E-state index in [4.69, 9.17) is 5.73 Å². The molecule has 0 aromatic carbocycles. The number of methoxy groups -OCH3 is 1. The number of halogens is 3. The number of ether oxygens (including phenoxy) is 1. The second-order valence-corrected chi connectivity index (χ2v) is 5.77. The number of hydrogen-bond donors (Lipinski definition) is 1. The number of nitrogen functional groups attached to an aromatic ring is 1. The molecule has 0 unspecified atom stereocenters. The predicted molar refractivity (Wildman–Crippen MR) is 74.8 cm³/mol. The number of nitrogens with two attached hydrogens (primary N) is 1. The molecule has 1 aromatic rings. The van der Waals surface area contributed by atoms with Crippen LogP contribution < -0.4 is 10.6 Å². The van der Waals surface area contributed by atoms with Crippen molar-refractivity contribution in [3.63, 3.8) is 0 Å². The molecule has 0 radical (unpaired) electrons. The van der Waals surface area contributed by atoms with Crippen LogP contribution >= 0.6 is 11.3 Å². The van der Waals surface area contributed by atoms with Crippen LogP contribution in [0.1, 0.15) is 9.67 Å². The smallest absolute Gasteiger partial charge is 0.401 e. The molecule has 1 fully saturated rings. The van der Waals surface area contributed by atoms with Crippen molar-refractivity contribution >= 4 is 28.0 Å². The Morgan fingerprint density at radius 2 is 2.00 bits per heavy atom. The van der Waals surface area contributed by atoms with Gasteiger partial charge in [0.15, 0.2) is 0 Å². The minimum absolute atomic E-state index is 0.324. The minimum atomic E-state index is -4.17. The first-order valence-corrected chi connectivity index (χ1v) is 7.13. The molecular weight excluding hydrogens is 307 g/mol. The molecule has 0 bridgehead atoms. The third-order valence-electron chi connectivity index (χ3n) is 3.21. The summed E-state index contributed by atoms with van der Waals surface area (Å²) in [6, 6.07) is 1.66. The lowest BCUT2D eigenvalue weighted by atomic mass is 10.3. The van der Waals surface area contributed by atoms with Crippen molar-refractivity contribution < 1.29 is 22.7 Å². The number of nitrogens with zero attached hydrogens (tertiary/aromatic N) is 2. The first-order chi connectivity index (χ1) is 9.80. The van der Waals surface area contributed by atoms with E-state index in [9.17, 15) is 18.0 Å². The topological polar surface area (TPSA) is 58.8 Å². The Labute approximate surface area is 124 Å². The van der Waals surface area contributed by atoms with Gasteiger partial charge in [0, 0.05) is 26.2 Å². The van der Waals surface area contributed by atoms with Gasteiger partial charge in [0.1, 0.15) is 4.88 Å². The number of carbonyl (C=O) groups excluding carboxylic acids is 1. The van der Waals surface area contributed by atoms with Crippen LogP contribution in [0.15, 0.2) is 6.07 Å². The molecule has 1 aromatic heterocycles. The van der Waals surface area contributed by atoms with E-state index in [0.29, 0.717) is 36.7 Å². The molecule has 0 spiro atoms. The highest BCUT2D eigenvalue weighted by Crippen LogP contribution is 2.33. The maximum absolute atomic E-state index is 12.3. The van der Waals surface area contributed by atoms with Crippen molar-refractivity contribution in [3.8, 4) is 0 Å². The van der Waals surface area contributed by atoms with Gasteiger partial charge in [-0.3, -0.25) is 4.90 Å². The van der Waals surface area contributed by atoms with Crippen LogP contribution in [0.4, 0.5) is 23.9 Å². The fourth-order valence-electron chi connectivity index (χ4n) is 2.18. The van der Waals surface area contributed by atoms with E-state index in [1.807, 2.05) is 4.90 Å². The second kappa shape index (κ2) is 6.10. The van der Waals surface area contributed by atoms with E-state index >= 15 is 0 Å². The molecule has 21 heavy (non-hydrogen) atoms. The summed E-state index contributed by atoms with van der Waals surface area (Å²) in [7, 11) is 1.27. The number of rotatable bonds is 3. The van der Waals surface area contributed by atoms with Gasteiger partial charge >= 0.3 is 12.1 Å². The molecule has 0 aliphatic carbocycles. The second-order valence-electron chi connectivity index (χ2n) is 4.74. The summed E-state index contributed by atoms with van der Waals surface area (Å²) < 4.78 is 41.6. The van der Waals surface area contributed by atoms with Crippen LogP contribution in [0.5, 0.6) is 0 Å². The third-order valence-corrected chi connectivity index (χ3v) is 4.40. The van der Waals surface area contributed by atoms with Gasteiger partial charge in [-0.2, -0.15) is 13.2 Å². The van der Waals surface area contributed by atoms with Gasteiger partial charge in [-0.15, -0.1) is 11.3 Å². The van der Waals surface area contributed by atoms with Gasteiger partial charge in [0.05, 0.1) is 24.3 Å². The molecule has 5 nitrogen and oxygen atoms in total. The summed E-state index contributed by atoms with van der Waals surface area (Å²) in [6.45, 7) is 0.698. The highest BCUT2D eigenvalue weighted by molar-refractivity contribution is 7.18. The average molecular weight is 323 g/mol. The SMILES string of the molecule is COC(=O)c1sc(N2CCN(CC(F)(F)F)CC2)cc1N.